The van der Waals surface area contributed by atoms with Crippen molar-refractivity contribution in [3.8, 4) is 0 Å². The Bertz CT molecular complexity index is 559. The van der Waals surface area contributed by atoms with E-state index in [2.05, 4.69) is 10.3 Å². The van der Waals surface area contributed by atoms with Crippen LogP contribution in [-0.2, 0) is 9.84 Å². The second kappa shape index (κ2) is 5.01. The number of nitrogens with zero attached hydrogens (tertiary/aromatic N) is 1. The summed E-state index contributed by atoms with van der Waals surface area (Å²) < 4.78 is 35.3. The van der Waals surface area contributed by atoms with Gasteiger partial charge in [-0.3, -0.25) is 4.79 Å². The molecule has 1 aliphatic rings. The summed E-state index contributed by atoms with van der Waals surface area (Å²) in [7, 11) is -2.94. The van der Waals surface area contributed by atoms with Gasteiger partial charge in [0.2, 0.25) is 5.95 Å². The molecule has 7 heteroatoms. The Morgan fingerprint density at radius 1 is 1.56 bits per heavy atom. The monoisotopic (exact) mass is 272 g/mol. The molecular weight excluding hydrogens is 259 g/mol. The lowest BCUT2D eigenvalue weighted by molar-refractivity contribution is 0.0947. The number of aromatic nitrogens is 1. The van der Waals surface area contributed by atoms with Crippen molar-refractivity contribution in [2.75, 3.05) is 18.1 Å². The first-order chi connectivity index (χ1) is 8.46. The van der Waals surface area contributed by atoms with Gasteiger partial charge in [0.25, 0.3) is 5.91 Å². The van der Waals surface area contributed by atoms with E-state index in [1.165, 1.54) is 12.3 Å². The topological polar surface area (TPSA) is 76.1 Å². The van der Waals surface area contributed by atoms with Crippen molar-refractivity contribution in [1.82, 2.24) is 10.3 Å². The van der Waals surface area contributed by atoms with Crippen LogP contribution in [0, 0.1) is 11.9 Å². The second-order valence-electron chi connectivity index (χ2n) is 4.35. The van der Waals surface area contributed by atoms with Crippen LogP contribution in [-0.4, -0.2) is 37.4 Å². The molecule has 1 aromatic heterocycles. The fourth-order valence-corrected chi connectivity index (χ4v) is 3.78. The van der Waals surface area contributed by atoms with Crippen LogP contribution in [0.25, 0.3) is 0 Å². The van der Waals surface area contributed by atoms with Crippen LogP contribution in [0.3, 0.4) is 0 Å². The van der Waals surface area contributed by atoms with E-state index >= 15 is 0 Å². The van der Waals surface area contributed by atoms with Crippen LogP contribution in [0.4, 0.5) is 4.39 Å². The number of hydrogen-bond donors (Lipinski definition) is 1. The van der Waals surface area contributed by atoms with Gasteiger partial charge in [0, 0.05) is 24.4 Å². The van der Waals surface area contributed by atoms with Crippen molar-refractivity contribution in [2.45, 2.75) is 6.42 Å². The van der Waals surface area contributed by atoms with E-state index in [0.717, 1.165) is 6.07 Å². The van der Waals surface area contributed by atoms with Gasteiger partial charge in [-0.05, 0) is 18.4 Å². The van der Waals surface area contributed by atoms with Gasteiger partial charge in [0.05, 0.1) is 11.5 Å². The summed E-state index contributed by atoms with van der Waals surface area (Å²) in [5.41, 5.74) is 0.184. The molecular formula is C11H13FN2O3S. The number of amides is 1. The molecule has 0 aliphatic carbocycles. The van der Waals surface area contributed by atoms with Gasteiger partial charge in [0.1, 0.15) is 0 Å². The number of rotatable bonds is 3. The molecule has 1 saturated heterocycles. The minimum absolute atomic E-state index is 0.0503. The molecule has 1 aliphatic heterocycles. The van der Waals surface area contributed by atoms with Crippen molar-refractivity contribution in [3.63, 3.8) is 0 Å². The molecule has 0 bridgehead atoms. The lowest BCUT2D eigenvalue weighted by Crippen LogP contribution is -2.29. The minimum atomic E-state index is -2.94. The SMILES string of the molecule is O=C(NCC1CCS(=O)(=O)C1)c1ccnc(F)c1. The molecule has 0 aromatic carbocycles. The predicted molar refractivity (Wildman–Crippen MR) is 63.3 cm³/mol. The normalized spacial score (nSPS) is 21.7. The molecule has 1 N–H and O–H groups in total. The summed E-state index contributed by atoms with van der Waals surface area (Å²) in [6.45, 7) is 0.294. The first-order valence-electron chi connectivity index (χ1n) is 5.56. The first-order valence-corrected chi connectivity index (χ1v) is 7.38. The predicted octanol–water partition coefficient (Wildman–Crippen LogP) is 0.385. The highest BCUT2D eigenvalue weighted by atomic mass is 32.2. The van der Waals surface area contributed by atoms with Gasteiger partial charge in [-0.1, -0.05) is 0 Å². The highest BCUT2D eigenvalue weighted by molar-refractivity contribution is 7.91. The smallest absolute Gasteiger partial charge is 0.251 e. The van der Waals surface area contributed by atoms with E-state index < -0.39 is 21.7 Å². The van der Waals surface area contributed by atoms with Gasteiger partial charge in [-0.2, -0.15) is 4.39 Å². The molecule has 5 nitrogen and oxygen atoms in total. The molecule has 0 radical (unpaired) electrons. The molecule has 2 heterocycles. The summed E-state index contributed by atoms with van der Waals surface area (Å²) in [4.78, 5) is 15.0. The van der Waals surface area contributed by atoms with Gasteiger partial charge in [-0.15, -0.1) is 0 Å². The van der Waals surface area contributed by atoms with Crippen molar-refractivity contribution in [3.05, 3.63) is 29.8 Å². The Balaban J connectivity index is 1.90. The average Bonchev–Trinajstić information content (AvgIpc) is 2.66. The fourth-order valence-electron chi connectivity index (χ4n) is 1.92. The lowest BCUT2D eigenvalue weighted by atomic mass is 10.1. The number of hydrogen-bond acceptors (Lipinski definition) is 4. The summed E-state index contributed by atoms with van der Waals surface area (Å²) in [5, 5.41) is 2.61. The molecule has 1 atom stereocenters. The third-order valence-corrected chi connectivity index (χ3v) is 4.70. The molecule has 1 fully saturated rings. The Hall–Kier alpha value is -1.50. The quantitative estimate of drug-likeness (QED) is 0.807. The number of halogens is 1. The van der Waals surface area contributed by atoms with Crippen LogP contribution in [0.1, 0.15) is 16.8 Å². The van der Waals surface area contributed by atoms with Crippen LogP contribution in [0.2, 0.25) is 0 Å². The number of carbonyl (C=O) groups excluding carboxylic acids is 1. The van der Waals surface area contributed by atoms with Crippen molar-refractivity contribution < 1.29 is 17.6 Å². The molecule has 2 rings (SSSR count). The van der Waals surface area contributed by atoms with Gasteiger partial charge in [-0.25, -0.2) is 13.4 Å². The van der Waals surface area contributed by atoms with Crippen LogP contribution >= 0.6 is 0 Å². The summed E-state index contributed by atoms with van der Waals surface area (Å²) in [6, 6.07) is 2.45. The summed E-state index contributed by atoms with van der Waals surface area (Å²) >= 11 is 0. The van der Waals surface area contributed by atoms with Crippen molar-refractivity contribution in [2.24, 2.45) is 5.92 Å². The Morgan fingerprint density at radius 2 is 2.33 bits per heavy atom. The first kappa shape index (κ1) is 12.9. The molecule has 1 unspecified atom stereocenters. The molecule has 98 valence electrons. The van der Waals surface area contributed by atoms with E-state index in [9.17, 15) is 17.6 Å². The van der Waals surface area contributed by atoms with E-state index in [1.807, 2.05) is 0 Å². The Kier molecular flexibility index (Phi) is 3.60. The molecule has 0 spiro atoms. The maximum Gasteiger partial charge on any atom is 0.251 e. The molecule has 1 amide bonds. The maximum atomic E-state index is 12.8. The molecule has 18 heavy (non-hydrogen) atoms. The largest absolute Gasteiger partial charge is 0.352 e. The van der Waals surface area contributed by atoms with E-state index in [-0.39, 0.29) is 23.0 Å². The van der Waals surface area contributed by atoms with Gasteiger partial charge in [0.15, 0.2) is 9.84 Å². The van der Waals surface area contributed by atoms with Crippen molar-refractivity contribution >= 4 is 15.7 Å². The fraction of sp³-hybridized carbons (Fsp3) is 0.455. The van der Waals surface area contributed by atoms with Gasteiger partial charge < -0.3 is 5.32 Å². The average molecular weight is 272 g/mol. The van der Waals surface area contributed by atoms with E-state index in [0.29, 0.717) is 13.0 Å². The summed E-state index contributed by atoms with van der Waals surface area (Å²) in [6.07, 6.45) is 1.78. The third kappa shape index (κ3) is 3.25. The molecule has 0 saturated carbocycles. The van der Waals surface area contributed by atoms with E-state index in [1.54, 1.807) is 0 Å². The van der Waals surface area contributed by atoms with Gasteiger partial charge >= 0.3 is 0 Å². The number of pyridine rings is 1. The zero-order valence-corrected chi connectivity index (χ0v) is 10.4. The lowest BCUT2D eigenvalue weighted by Gasteiger charge is -2.09. The minimum Gasteiger partial charge on any atom is -0.352 e. The van der Waals surface area contributed by atoms with Crippen LogP contribution < -0.4 is 5.32 Å². The van der Waals surface area contributed by atoms with Crippen molar-refractivity contribution in [1.29, 1.82) is 0 Å². The number of carbonyl (C=O) groups is 1. The van der Waals surface area contributed by atoms with Crippen LogP contribution in [0.15, 0.2) is 18.3 Å². The zero-order valence-electron chi connectivity index (χ0n) is 9.60. The zero-order chi connectivity index (χ0) is 13.2. The highest BCUT2D eigenvalue weighted by Gasteiger charge is 2.27. The standard InChI is InChI=1S/C11H13FN2O3S/c12-10-5-9(1-3-13-10)11(15)14-6-8-2-4-18(16,17)7-8/h1,3,5,8H,2,4,6-7H2,(H,14,15). The molecule has 1 aromatic rings. The van der Waals surface area contributed by atoms with E-state index in [4.69, 9.17) is 0 Å². The van der Waals surface area contributed by atoms with Crippen LogP contribution in [0.5, 0.6) is 0 Å². The Morgan fingerprint density at radius 3 is 2.94 bits per heavy atom. The second-order valence-corrected chi connectivity index (χ2v) is 6.58. The third-order valence-electron chi connectivity index (χ3n) is 2.87. The summed E-state index contributed by atoms with van der Waals surface area (Å²) in [5.74, 6) is -0.896. The number of sulfone groups is 1. The number of nitrogens with one attached hydrogen (secondary N) is 1. The highest BCUT2D eigenvalue weighted by Crippen LogP contribution is 2.17. The Labute approximate surface area is 104 Å². The maximum absolute atomic E-state index is 12.8.